The van der Waals surface area contributed by atoms with Gasteiger partial charge in [-0.2, -0.15) is 38.8 Å². The average Bonchev–Trinajstić information content (AvgIpc) is 3.03. The Morgan fingerprint density at radius 3 is 1.69 bits per heavy atom. The summed E-state index contributed by atoms with van der Waals surface area (Å²) in [5.41, 5.74) is 4.77. The molecule has 0 saturated carbocycles. The van der Waals surface area contributed by atoms with Crippen LogP contribution in [0.2, 0.25) is 0 Å². The van der Waals surface area contributed by atoms with Gasteiger partial charge in [-0.3, -0.25) is 18.2 Å². The first kappa shape index (κ1) is 41.0. The van der Waals surface area contributed by atoms with Crippen molar-refractivity contribution in [3.63, 3.8) is 0 Å². The zero-order chi connectivity index (χ0) is 38.5. The van der Waals surface area contributed by atoms with E-state index in [1.54, 1.807) is 12.1 Å². The molecule has 4 rings (SSSR count). The van der Waals surface area contributed by atoms with Crippen LogP contribution in [0.3, 0.4) is 0 Å². The Bertz CT molecular complexity index is 2500. The molecule has 0 unspecified atom stereocenters. The van der Waals surface area contributed by atoms with Crippen molar-refractivity contribution in [2.75, 3.05) is 30.5 Å². The number of nitrogens with zero attached hydrogens (tertiary/aromatic N) is 4. The van der Waals surface area contributed by atoms with Crippen molar-refractivity contribution in [2.45, 2.75) is 19.6 Å². The fourth-order valence-electron chi connectivity index (χ4n) is 4.12. The van der Waals surface area contributed by atoms with Gasteiger partial charge in [0.15, 0.2) is 5.75 Å². The normalized spacial score (nSPS) is 13.1. The molecule has 7 N–H and O–H groups in total. The Morgan fingerprint density at radius 1 is 0.596 bits per heavy atom. The second-order valence-electron chi connectivity index (χ2n) is 9.84. The maximum absolute atomic E-state index is 12.4. The van der Waals surface area contributed by atoms with Crippen molar-refractivity contribution in [3.05, 3.63) is 60.7 Å². The second-order valence-corrected chi connectivity index (χ2v) is 17.1. The van der Waals surface area contributed by atoms with E-state index in [2.05, 4.69) is 28.8 Å². The first-order valence-corrected chi connectivity index (χ1v) is 21.3. The molecule has 26 heteroatoms. The molecule has 0 radical (unpaired) electrons. The first-order valence-electron chi connectivity index (χ1n) is 13.7. The second kappa shape index (κ2) is 16.5. The highest BCUT2D eigenvalue weighted by Crippen LogP contribution is 2.46. The number of phenols is 1. The minimum atomic E-state index is -5.10. The number of rotatable bonds is 16. The molecule has 280 valence electrons. The Labute approximate surface area is 304 Å². The zero-order valence-corrected chi connectivity index (χ0v) is 30.6. The van der Waals surface area contributed by atoms with Crippen LogP contribution in [-0.4, -0.2) is 81.7 Å². The standard InChI is InChI=1S/C26H25N5O15S6/c27-20-7-6-18-19(24(20)30-29-21-8-5-17(13-22(21)49(33,34)35)48-12-10-46-52(42,43)44)14-23(50(36,37)38)25(26(18)32)31-28-15-1-3-16(4-2-15)47-11-9-45-51(39,40)41/h1-8,13-14,32H,9-12,27H2,(H,33,34,35)(H,36,37,38)(H,39,40,41)(H,42,43,44). The molecular formula is C26H25N5O15S6. The minimum absolute atomic E-state index is 0.0507. The van der Waals surface area contributed by atoms with Crippen molar-refractivity contribution < 1.29 is 65.4 Å². The van der Waals surface area contributed by atoms with E-state index in [0.29, 0.717) is 4.90 Å². The monoisotopic (exact) mass is 839 g/mol. The molecule has 0 aliphatic carbocycles. The minimum Gasteiger partial charge on any atom is -0.505 e. The molecule has 0 fully saturated rings. The quantitative estimate of drug-likeness (QED) is 0.0275. The van der Waals surface area contributed by atoms with Crippen molar-refractivity contribution in [2.24, 2.45) is 20.5 Å². The van der Waals surface area contributed by atoms with E-state index in [-0.39, 0.29) is 50.8 Å². The SMILES string of the molecule is Nc1ccc2c(O)c(N=Nc3ccc(SCCOS(=O)(=O)O)cc3)c(S(=O)(=O)O)cc2c1N=Nc1ccc(SCCOS(=O)(=O)O)cc1S(=O)(=O)O. The van der Waals surface area contributed by atoms with Crippen LogP contribution < -0.4 is 5.73 Å². The number of nitrogen functional groups attached to an aromatic ring is 1. The maximum atomic E-state index is 12.4. The molecule has 0 amide bonds. The molecular weight excluding hydrogens is 815 g/mol. The first-order chi connectivity index (χ1) is 24.1. The number of fused-ring (bicyclic) bond motifs is 1. The lowest BCUT2D eigenvalue weighted by molar-refractivity contribution is 0.283. The van der Waals surface area contributed by atoms with Gasteiger partial charge in [0.2, 0.25) is 0 Å². The highest BCUT2D eigenvalue weighted by Gasteiger charge is 2.24. The Balaban J connectivity index is 1.68. The van der Waals surface area contributed by atoms with Gasteiger partial charge in [0.05, 0.1) is 24.6 Å². The highest BCUT2D eigenvalue weighted by molar-refractivity contribution is 7.99. The van der Waals surface area contributed by atoms with Crippen molar-refractivity contribution >= 4 is 104 Å². The molecule has 0 saturated heterocycles. The summed E-state index contributed by atoms with van der Waals surface area (Å²) in [5, 5.41) is 26.4. The number of thioether (sulfide) groups is 2. The number of nitrogens with two attached hydrogens (primary N) is 1. The van der Waals surface area contributed by atoms with E-state index in [0.717, 1.165) is 30.0 Å². The van der Waals surface area contributed by atoms with Gasteiger partial charge in [0.25, 0.3) is 20.2 Å². The Morgan fingerprint density at radius 2 is 1.13 bits per heavy atom. The van der Waals surface area contributed by atoms with Gasteiger partial charge < -0.3 is 10.8 Å². The number of azo groups is 2. The van der Waals surface area contributed by atoms with E-state index < -0.39 is 74.6 Å². The maximum Gasteiger partial charge on any atom is 0.397 e. The third-order valence-electron chi connectivity index (χ3n) is 6.25. The molecule has 4 aromatic carbocycles. The number of aromatic hydroxyl groups is 1. The molecule has 0 aromatic heterocycles. The van der Waals surface area contributed by atoms with Gasteiger partial charge in [-0.05, 0) is 60.7 Å². The molecule has 0 aliphatic heterocycles. The van der Waals surface area contributed by atoms with Crippen LogP contribution in [0.25, 0.3) is 10.8 Å². The summed E-state index contributed by atoms with van der Waals surface area (Å²) in [7, 11) is -19.3. The molecule has 0 aliphatic rings. The largest absolute Gasteiger partial charge is 0.505 e. The fraction of sp³-hybridized carbons (Fsp3) is 0.154. The van der Waals surface area contributed by atoms with E-state index in [9.17, 15) is 47.9 Å². The smallest absolute Gasteiger partial charge is 0.397 e. The number of anilines is 1. The molecule has 0 spiro atoms. The summed E-state index contributed by atoms with van der Waals surface area (Å²) in [4.78, 5) is -0.768. The number of hydrogen-bond donors (Lipinski definition) is 6. The van der Waals surface area contributed by atoms with Crippen molar-refractivity contribution in [1.29, 1.82) is 0 Å². The van der Waals surface area contributed by atoms with Crippen LogP contribution in [-0.2, 0) is 49.4 Å². The molecule has 0 heterocycles. The van der Waals surface area contributed by atoms with Gasteiger partial charge >= 0.3 is 20.8 Å². The molecule has 4 aromatic rings. The average molecular weight is 840 g/mol. The fourth-order valence-corrected chi connectivity index (χ4v) is 7.79. The van der Waals surface area contributed by atoms with Crippen LogP contribution in [0.15, 0.2) is 101 Å². The van der Waals surface area contributed by atoms with Gasteiger partial charge in [-0.15, -0.1) is 38.9 Å². The summed E-state index contributed by atoms with van der Waals surface area (Å²) >= 11 is 2.09. The highest BCUT2D eigenvalue weighted by atomic mass is 32.3. The van der Waals surface area contributed by atoms with Crippen LogP contribution >= 0.6 is 23.5 Å². The predicted octanol–water partition coefficient (Wildman–Crippen LogP) is 5.27. The van der Waals surface area contributed by atoms with E-state index in [1.165, 1.54) is 42.1 Å². The molecule has 0 bridgehead atoms. The van der Waals surface area contributed by atoms with E-state index in [4.69, 9.17) is 14.8 Å². The van der Waals surface area contributed by atoms with Crippen LogP contribution in [0, 0.1) is 0 Å². The number of benzene rings is 4. The molecule has 0 atom stereocenters. The third kappa shape index (κ3) is 11.6. The Hall–Kier alpha value is -3.80. The topological polar surface area (TPSA) is 332 Å². The molecule has 52 heavy (non-hydrogen) atoms. The van der Waals surface area contributed by atoms with Crippen LogP contribution in [0.5, 0.6) is 5.75 Å². The number of hydrogen-bond acceptors (Lipinski definition) is 18. The third-order valence-corrected chi connectivity index (χ3v) is 10.9. The van der Waals surface area contributed by atoms with Gasteiger partial charge in [0.1, 0.15) is 26.9 Å². The summed E-state index contributed by atoms with van der Waals surface area (Å²) in [6.07, 6.45) is 0. The van der Waals surface area contributed by atoms with Crippen LogP contribution in [0.4, 0.5) is 28.4 Å². The summed E-state index contributed by atoms with van der Waals surface area (Å²) in [6.45, 7) is -0.748. The number of phenolic OH excluding ortho intramolecular Hbond substituents is 1. The van der Waals surface area contributed by atoms with Gasteiger partial charge in [-0.1, -0.05) is 0 Å². The summed E-state index contributed by atoms with van der Waals surface area (Å²) in [6, 6.07) is 13.0. The zero-order valence-electron chi connectivity index (χ0n) is 25.7. The lowest BCUT2D eigenvalue weighted by atomic mass is 10.1. The van der Waals surface area contributed by atoms with Gasteiger partial charge in [-0.25, -0.2) is 8.37 Å². The van der Waals surface area contributed by atoms with Crippen molar-refractivity contribution in [3.8, 4) is 5.75 Å². The summed E-state index contributed by atoms with van der Waals surface area (Å²) in [5.74, 6) is -0.650. The lowest BCUT2D eigenvalue weighted by Crippen LogP contribution is -2.06. The predicted molar refractivity (Wildman–Crippen MR) is 187 cm³/mol. The molecule has 20 nitrogen and oxygen atoms in total. The summed E-state index contributed by atoms with van der Waals surface area (Å²) < 4.78 is 137. The van der Waals surface area contributed by atoms with Crippen molar-refractivity contribution in [1.82, 2.24) is 0 Å². The lowest BCUT2D eigenvalue weighted by Gasteiger charge is -2.12. The van der Waals surface area contributed by atoms with Gasteiger partial charge in [0, 0.05) is 32.1 Å². The van der Waals surface area contributed by atoms with Crippen LogP contribution in [0.1, 0.15) is 0 Å². The van der Waals surface area contributed by atoms with E-state index >= 15 is 0 Å². The Kier molecular flexibility index (Phi) is 13.0. The van der Waals surface area contributed by atoms with E-state index in [1.807, 2.05) is 0 Å².